The average molecular weight is 412 g/mol. The second-order valence-corrected chi connectivity index (χ2v) is 8.71. The van der Waals surface area contributed by atoms with Crippen molar-refractivity contribution in [1.82, 2.24) is 9.38 Å². The van der Waals surface area contributed by atoms with Gasteiger partial charge < -0.3 is 9.72 Å². The summed E-state index contributed by atoms with van der Waals surface area (Å²) in [6.45, 7) is 1.89. The van der Waals surface area contributed by atoms with Crippen molar-refractivity contribution in [3.05, 3.63) is 64.0 Å². The van der Waals surface area contributed by atoms with Gasteiger partial charge in [0.05, 0.1) is 27.2 Å². The number of carbonyl (C=O) groups excluding carboxylic acids is 1. The number of sulfone groups is 1. The normalized spacial score (nSPS) is 11.7. The maximum atomic E-state index is 12.4. The molecule has 136 valence electrons. The predicted octanol–water partition coefficient (Wildman–Crippen LogP) is 3.50. The number of hydrogen-bond donors (Lipinski definition) is 1. The Kier molecular flexibility index (Phi) is 5.22. The molecule has 0 saturated carbocycles. The summed E-state index contributed by atoms with van der Waals surface area (Å²) in [5.41, 5.74) is 2.19. The lowest BCUT2D eigenvalue weighted by Gasteiger charge is -2.09. The van der Waals surface area contributed by atoms with Crippen LogP contribution in [0.5, 0.6) is 0 Å². The Morgan fingerprint density at radius 1 is 1.19 bits per heavy atom. The number of nitrogens with one attached hydrogen (secondary N) is 1. The first kappa shape index (κ1) is 18.7. The second-order valence-electron chi connectivity index (χ2n) is 5.83. The molecule has 26 heavy (non-hydrogen) atoms. The van der Waals surface area contributed by atoms with E-state index in [1.807, 2.05) is 19.1 Å². The molecular weight excluding hydrogens is 397 g/mol. The van der Waals surface area contributed by atoms with Crippen LogP contribution < -0.4 is 5.32 Å². The van der Waals surface area contributed by atoms with Crippen molar-refractivity contribution in [1.29, 1.82) is 0 Å². The van der Waals surface area contributed by atoms with Gasteiger partial charge in [0, 0.05) is 12.4 Å². The third kappa shape index (κ3) is 4.17. The molecule has 3 rings (SSSR count). The minimum atomic E-state index is -3.71. The molecule has 1 N–H and O–H groups in total. The molecule has 0 atom stereocenters. The van der Waals surface area contributed by atoms with Gasteiger partial charge in [0.1, 0.15) is 11.4 Å². The maximum absolute atomic E-state index is 12.4. The van der Waals surface area contributed by atoms with Crippen LogP contribution >= 0.6 is 23.2 Å². The molecule has 0 bridgehead atoms. The van der Waals surface area contributed by atoms with E-state index in [0.29, 0.717) is 11.3 Å². The van der Waals surface area contributed by atoms with Crippen LogP contribution in [-0.2, 0) is 20.4 Å². The first-order valence-electron chi connectivity index (χ1n) is 7.63. The summed E-state index contributed by atoms with van der Waals surface area (Å²) in [5.74, 6) is -1.74. The number of anilines is 1. The van der Waals surface area contributed by atoms with Gasteiger partial charge in [-0.1, -0.05) is 35.3 Å². The van der Waals surface area contributed by atoms with E-state index in [9.17, 15) is 13.2 Å². The van der Waals surface area contributed by atoms with Gasteiger partial charge in [-0.05, 0) is 30.7 Å². The number of halogens is 2. The van der Waals surface area contributed by atoms with Gasteiger partial charge >= 0.3 is 0 Å². The highest BCUT2D eigenvalue weighted by molar-refractivity contribution is 7.91. The molecule has 9 heteroatoms. The zero-order chi connectivity index (χ0) is 18.9. The Labute approximate surface area is 160 Å². The molecule has 0 aliphatic carbocycles. The van der Waals surface area contributed by atoms with Crippen molar-refractivity contribution in [2.45, 2.75) is 12.7 Å². The molecule has 0 spiro atoms. The largest absolute Gasteiger partial charge is 0.323 e. The van der Waals surface area contributed by atoms with E-state index in [1.54, 1.807) is 35.0 Å². The summed E-state index contributed by atoms with van der Waals surface area (Å²) >= 11 is 11.9. The van der Waals surface area contributed by atoms with Gasteiger partial charge in [0.25, 0.3) is 0 Å². The summed E-state index contributed by atoms with van der Waals surface area (Å²) < 4.78 is 26.5. The van der Waals surface area contributed by atoms with Crippen molar-refractivity contribution in [3.8, 4) is 0 Å². The molecule has 0 aliphatic heterocycles. The van der Waals surface area contributed by atoms with Crippen LogP contribution in [0.4, 0.5) is 5.69 Å². The number of imidazole rings is 1. The van der Waals surface area contributed by atoms with Crippen LogP contribution in [0.1, 0.15) is 11.3 Å². The van der Waals surface area contributed by atoms with Crippen LogP contribution in [0.25, 0.3) is 5.65 Å². The fourth-order valence-electron chi connectivity index (χ4n) is 2.54. The molecular formula is C17H15Cl2N3O3S. The van der Waals surface area contributed by atoms with Crippen LogP contribution in [-0.4, -0.2) is 29.5 Å². The summed E-state index contributed by atoms with van der Waals surface area (Å²) in [6, 6.07) is 8.47. The third-order valence-electron chi connectivity index (χ3n) is 3.67. The Bertz CT molecular complexity index is 1070. The maximum Gasteiger partial charge on any atom is 0.239 e. The number of benzene rings is 1. The SMILES string of the molecule is Cc1cccn2cc(CS(=O)(=O)CC(=O)Nc3c(Cl)cccc3Cl)nc12. The molecule has 0 fully saturated rings. The molecule has 1 amide bonds. The lowest BCUT2D eigenvalue weighted by molar-refractivity contribution is -0.113. The van der Waals surface area contributed by atoms with E-state index < -0.39 is 21.5 Å². The topological polar surface area (TPSA) is 80.5 Å². The molecule has 6 nitrogen and oxygen atoms in total. The quantitative estimate of drug-likeness (QED) is 0.696. The lowest BCUT2D eigenvalue weighted by atomic mass is 10.3. The average Bonchev–Trinajstić information content (AvgIpc) is 2.93. The van der Waals surface area contributed by atoms with Gasteiger partial charge in [0.2, 0.25) is 5.91 Å². The van der Waals surface area contributed by atoms with E-state index in [-0.39, 0.29) is 21.5 Å². The molecule has 0 saturated heterocycles. The number of carbonyl (C=O) groups is 1. The molecule has 3 aromatic rings. The van der Waals surface area contributed by atoms with E-state index >= 15 is 0 Å². The summed E-state index contributed by atoms with van der Waals surface area (Å²) in [5, 5.41) is 2.92. The summed E-state index contributed by atoms with van der Waals surface area (Å²) in [6.07, 6.45) is 3.43. The number of fused-ring (bicyclic) bond motifs is 1. The number of aromatic nitrogens is 2. The zero-order valence-corrected chi connectivity index (χ0v) is 16.1. The summed E-state index contributed by atoms with van der Waals surface area (Å²) in [4.78, 5) is 16.4. The fourth-order valence-corrected chi connectivity index (χ4v) is 4.20. The molecule has 2 aromatic heterocycles. The van der Waals surface area contributed by atoms with Gasteiger partial charge in [-0.25, -0.2) is 13.4 Å². The van der Waals surface area contributed by atoms with Gasteiger partial charge in [-0.15, -0.1) is 0 Å². The van der Waals surface area contributed by atoms with Crippen LogP contribution in [0.3, 0.4) is 0 Å². The van der Waals surface area contributed by atoms with Crippen molar-refractivity contribution < 1.29 is 13.2 Å². The van der Waals surface area contributed by atoms with E-state index in [0.717, 1.165) is 5.56 Å². The zero-order valence-electron chi connectivity index (χ0n) is 13.7. The highest BCUT2D eigenvalue weighted by atomic mass is 35.5. The Morgan fingerprint density at radius 2 is 1.88 bits per heavy atom. The number of rotatable bonds is 5. The predicted molar refractivity (Wildman–Crippen MR) is 103 cm³/mol. The van der Waals surface area contributed by atoms with Gasteiger partial charge in [-0.3, -0.25) is 4.79 Å². The van der Waals surface area contributed by atoms with Crippen LogP contribution in [0.2, 0.25) is 10.0 Å². The first-order chi connectivity index (χ1) is 12.2. The first-order valence-corrected chi connectivity index (χ1v) is 10.2. The minimum absolute atomic E-state index is 0.194. The van der Waals surface area contributed by atoms with Crippen LogP contribution in [0, 0.1) is 6.92 Å². The van der Waals surface area contributed by atoms with E-state index in [2.05, 4.69) is 10.3 Å². The van der Waals surface area contributed by atoms with E-state index in [1.165, 1.54) is 0 Å². The Balaban J connectivity index is 1.73. The van der Waals surface area contributed by atoms with Gasteiger partial charge in [-0.2, -0.15) is 0 Å². The highest BCUT2D eigenvalue weighted by Gasteiger charge is 2.21. The smallest absolute Gasteiger partial charge is 0.239 e. The summed E-state index contributed by atoms with van der Waals surface area (Å²) in [7, 11) is -3.71. The van der Waals surface area contributed by atoms with Crippen LogP contribution in [0.15, 0.2) is 42.7 Å². The molecule has 0 radical (unpaired) electrons. The van der Waals surface area contributed by atoms with Crippen molar-refractivity contribution in [2.24, 2.45) is 0 Å². The minimum Gasteiger partial charge on any atom is -0.323 e. The molecule has 0 aliphatic rings. The van der Waals surface area contributed by atoms with Crippen molar-refractivity contribution in [3.63, 3.8) is 0 Å². The number of hydrogen-bond acceptors (Lipinski definition) is 4. The second kappa shape index (κ2) is 7.26. The van der Waals surface area contributed by atoms with E-state index in [4.69, 9.17) is 23.2 Å². The number of amides is 1. The third-order valence-corrected chi connectivity index (χ3v) is 5.74. The van der Waals surface area contributed by atoms with Gasteiger partial charge in [0.15, 0.2) is 9.84 Å². The number of pyridine rings is 1. The molecule has 0 unspecified atom stereocenters. The Morgan fingerprint density at radius 3 is 2.54 bits per heavy atom. The molecule has 2 heterocycles. The number of nitrogens with zero attached hydrogens (tertiary/aromatic N) is 2. The van der Waals surface area contributed by atoms with Crippen molar-refractivity contribution >= 4 is 50.3 Å². The standard InChI is InChI=1S/C17H15Cl2N3O3S/c1-11-4-3-7-22-8-12(20-17(11)22)9-26(24,25)10-15(23)21-16-13(18)5-2-6-14(16)19/h2-8H,9-10H2,1H3,(H,21,23). The Hall–Kier alpha value is -2.09. The highest BCUT2D eigenvalue weighted by Crippen LogP contribution is 2.29. The number of aryl methyl sites for hydroxylation is 1. The van der Waals surface area contributed by atoms with Crippen molar-refractivity contribution in [2.75, 3.05) is 11.1 Å². The monoisotopic (exact) mass is 411 g/mol. The number of para-hydroxylation sites is 1. The lowest BCUT2D eigenvalue weighted by Crippen LogP contribution is -2.24. The molecule has 1 aromatic carbocycles. The fraction of sp³-hybridized carbons (Fsp3) is 0.176.